The summed E-state index contributed by atoms with van der Waals surface area (Å²) < 4.78 is 14.2. The van der Waals surface area contributed by atoms with Crippen LogP contribution in [0.3, 0.4) is 0 Å². The lowest BCUT2D eigenvalue weighted by Gasteiger charge is -2.17. The highest BCUT2D eigenvalue weighted by molar-refractivity contribution is 6.30. The molecular weight excluding hydrogens is 285 g/mol. The standard InChI is InChI=1S/C18H15ClFN/c1-11-9-10-14(13-6-3-2-5-12(11)13)18(21)15-7-4-8-16(19)17(15)20/h2-10,18H,21H2,1H3. The SMILES string of the molecule is Cc1ccc(C(N)c2cccc(Cl)c2F)c2ccccc12. The number of aryl methyl sites for hydroxylation is 1. The zero-order valence-corrected chi connectivity index (χ0v) is 12.4. The molecule has 1 nitrogen and oxygen atoms in total. The zero-order chi connectivity index (χ0) is 15.0. The number of hydrogen-bond acceptors (Lipinski definition) is 1. The maximum Gasteiger partial charge on any atom is 0.146 e. The molecule has 0 heterocycles. The Hall–Kier alpha value is -1.90. The predicted octanol–water partition coefficient (Wildman–Crippen LogP) is 4.99. The van der Waals surface area contributed by atoms with E-state index < -0.39 is 11.9 Å². The minimum absolute atomic E-state index is 0.0966. The molecule has 2 N–H and O–H groups in total. The molecule has 0 aliphatic carbocycles. The van der Waals surface area contributed by atoms with Crippen molar-refractivity contribution in [3.05, 3.63) is 82.1 Å². The second-order valence-electron chi connectivity index (χ2n) is 5.14. The van der Waals surface area contributed by atoms with Crippen molar-refractivity contribution in [2.45, 2.75) is 13.0 Å². The number of rotatable bonds is 2. The number of benzene rings is 3. The maximum atomic E-state index is 14.2. The van der Waals surface area contributed by atoms with Crippen LogP contribution in [0.15, 0.2) is 54.6 Å². The van der Waals surface area contributed by atoms with E-state index >= 15 is 0 Å². The average Bonchev–Trinajstić information content (AvgIpc) is 2.50. The molecule has 3 rings (SSSR count). The second-order valence-corrected chi connectivity index (χ2v) is 5.55. The zero-order valence-electron chi connectivity index (χ0n) is 11.6. The predicted molar refractivity (Wildman–Crippen MR) is 86.1 cm³/mol. The molecule has 0 bridgehead atoms. The van der Waals surface area contributed by atoms with Gasteiger partial charge >= 0.3 is 0 Å². The molecular formula is C18H15ClFN. The van der Waals surface area contributed by atoms with Crippen LogP contribution in [0.1, 0.15) is 22.7 Å². The van der Waals surface area contributed by atoms with Crippen LogP contribution < -0.4 is 5.73 Å². The Bertz CT molecular complexity index is 813. The van der Waals surface area contributed by atoms with Gasteiger partial charge in [0.2, 0.25) is 0 Å². The van der Waals surface area contributed by atoms with E-state index in [1.165, 1.54) is 11.6 Å². The van der Waals surface area contributed by atoms with E-state index in [2.05, 4.69) is 13.0 Å². The Morgan fingerprint density at radius 2 is 1.62 bits per heavy atom. The highest BCUT2D eigenvalue weighted by Crippen LogP contribution is 2.31. The topological polar surface area (TPSA) is 26.0 Å². The van der Waals surface area contributed by atoms with Crippen LogP contribution in [0.2, 0.25) is 5.02 Å². The largest absolute Gasteiger partial charge is 0.320 e. The first-order valence-electron chi connectivity index (χ1n) is 6.77. The summed E-state index contributed by atoms with van der Waals surface area (Å²) in [7, 11) is 0. The average molecular weight is 300 g/mol. The van der Waals surface area contributed by atoms with E-state index in [4.69, 9.17) is 17.3 Å². The lowest BCUT2D eigenvalue weighted by atomic mass is 9.92. The highest BCUT2D eigenvalue weighted by Gasteiger charge is 2.17. The lowest BCUT2D eigenvalue weighted by Crippen LogP contribution is -2.14. The fourth-order valence-electron chi connectivity index (χ4n) is 2.67. The molecule has 0 saturated carbocycles. The number of nitrogens with two attached hydrogens (primary N) is 1. The van der Waals surface area contributed by atoms with Gasteiger partial charge in [-0.1, -0.05) is 60.1 Å². The molecule has 0 saturated heterocycles. The van der Waals surface area contributed by atoms with Gasteiger partial charge in [0.25, 0.3) is 0 Å². The van der Waals surface area contributed by atoms with Gasteiger partial charge < -0.3 is 5.73 Å². The minimum Gasteiger partial charge on any atom is -0.320 e. The minimum atomic E-state index is -0.547. The molecule has 21 heavy (non-hydrogen) atoms. The van der Waals surface area contributed by atoms with Gasteiger partial charge in [-0.15, -0.1) is 0 Å². The van der Waals surface area contributed by atoms with E-state index in [0.717, 1.165) is 16.3 Å². The van der Waals surface area contributed by atoms with Crippen LogP contribution in [0.4, 0.5) is 4.39 Å². The molecule has 3 heteroatoms. The first kappa shape index (κ1) is 14.1. The molecule has 1 unspecified atom stereocenters. The number of halogens is 2. The molecule has 3 aromatic carbocycles. The Labute approximate surface area is 128 Å². The Kier molecular flexibility index (Phi) is 3.66. The van der Waals surface area contributed by atoms with Crippen molar-refractivity contribution in [1.82, 2.24) is 0 Å². The summed E-state index contributed by atoms with van der Waals surface area (Å²) >= 11 is 5.86. The van der Waals surface area contributed by atoms with Crippen molar-refractivity contribution in [3.63, 3.8) is 0 Å². The van der Waals surface area contributed by atoms with E-state index in [-0.39, 0.29) is 5.02 Å². The van der Waals surface area contributed by atoms with Gasteiger partial charge in [-0.3, -0.25) is 0 Å². The summed E-state index contributed by atoms with van der Waals surface area (Å²) in [4.78, 5) is 0. The molecule has 0 aromatic heterocycles. The molecule has 0 fully saturated rings. The lowest BCUT2D eigenvalue weighted by molar-refractivity contribution is 0.600. The first-order valence-corrected chi connectivity index (χ1v) is 7.15. The Morgan fingerprint density at radius 1 is 0.905 bits per heavy atom. The third kappa shape index (κ3) is 2.41. The summed E-state index contributed by atoms with van der Waals surface area (Å²) in [6.45, 7) is 2.05. The number of fused-ring (bicyclic) bond motifs is 1. The van der Waals surface area contributed by atoms with Gasteiger partial charge in [0.05, 0.1) is 11.1 Å². The molecule has 0 aliphatic heterocycles. The summed E-state index contributed by atoms with van der Waals surface area (Å²) in [5, 5.41) is 2.27. The van der Waals surface area contributed by atoms with Crippen LogP contribution >= 0.6 is 11.6 Å². The van der Waals surface area contributed by atoms with Gasteiger partial charge in [-0.25, -0.2) is 4.39 Å². The molecule has 106 valence electrons. The van der Waals surface area contributed by atoms with Gasteiger partial charge in [-0.2, -0.15) is 0 Å². The van der Waals surface area contributed by atoms with Gasteiger partial charge in [-0.05, 0) is 34.9 Å². The third-order valence-corrected chi connectivity index (χ3v) is 4.12. The summed E-state index contributed by atoms with van der Waals surface area (Å²) in [6, 6.07) is 16.4. The fourth-order valence-corrected chi connectivity index (χ4v) is 2.85. The Balaban J connectivity index is 2.21. The van der Waals surface area contributed by atoms with Gasteiger partial charge in [0.15, 0.2) is 0 Å². The summed E-state index contributed by atoms with van der Waals surface area (Å²) in [5.41, 5.74) is 8.79. The van der Waals surface area contributed by atoms with Crippen LogP contribution in [0.5, 0.6) is 0 Å². The number of hydrogen-bond donors (Lipinski definition) is 1. The van der Waals surface area contributed by atoms with E-state index in [0.29, 0.717) is 5.56 Å². The van der Waals surface area contributed by atoms with Gasteiger partial charge in [0.1, 0.15) is 5.82 Å². The van der Waals surface area contributed by atoms with Crippen molar-refractivity contribution in [3.8, 4) is 0 Å². The third-order valence-electron chi connectivity index (χ3n) is 3.83. The monoisotopic (exact) mass is 299 g/mol. The van der Waals surface area contributed by atoms with Crippen LogP contribution in [0.25, 0.3) is 10.8 Å². The van der Waals surface area contributed by atoms with Gasteiger partial charge in [0, 0.05) is 5.56 Å². The fraction of sp³-hybridized carbons (Fsp3) is 0.111. The summed E-state index contributed by atoms with van der Waals surface area (Å²) in [5.74, 6) is -0.448. The summed E-state index contributed by atoms with van der Waals surface area (Å²) in [6.07, 6.45) is 0. The van der Waals surface area contributed by atoms with Crippen LogP contribution in [-0.4, -0.2) is 0 Å². The highest BCUT2D eigenvalue weighted by atomic mass is 35.5. The molecule has 0 amide bonds. The first-order chi connectivity index (χ1) is 10.1. The van der Waals surface area contributed by atoms with Crippen molar-refractivity contribution in [2.24, 2.45) is 5.73 Å². The van der Waals surface area contributed by atoms with E-state index in [9.17, 15) is 4.39 Å². The molecule has 0 radical (unpaired) electrons. The van der Waals surface area contributed by atoms with Crippen LogP contribution in [0, 0.1) is 12.7 Å². The van der Waals surface area contributed by atoms with E-state index in [1.54, 1.807) is 12.1 Å². The van der Waals surface area contributed by atoms with E-state index in [1.807, 2.05) is 30.3 Å². The smallest absolute Gasteiger partial charge is 0.146 e. The maximum absolute atomic E-state index is 14.2. The second kappa shape index (κ2) is 5.47. The Morgan fingerprint density at radius 3 is 2.38 bits per heavy atom. The quantitative estimate of drug-likeness (QED) is 0.709. The molecule has 0 aliphatic rings. The van der Waals surface area contributed by atoms with Crippen molar-refractivity contribution in [2.75, 3.05) is 0 Å². The molecule has 1 atom stereocenters. The normalized spacial score (nSPS) is 12.6. The van der Waals surface area contributed by atoms with Crippen molar-refractivity contribution >= 4 is 22.4 Å². The van der Waals surface area contributed by atoms with Crippen molar-refractivity contribution in [1.29, 1.82) is 0 Å². The molecule has 3 aromatic rings. The van der Waals surface area contributed by atoms with Crippen LogP contribution in [-0.2, 0) is 0 Å². The molecule has 0 spiro atoms. The van der Waals surface area contributed by atoms with Crippen molar-refractivity contribution < 1.29 is 4.39 Å².